The quantitative estimate of drug-likeness (QED) is 0.477. The van der Waals surface area contributed by atoms with E-state index >= 15 is 0 Å². The Morgan fingerprint density at radius 2 is 1.90 bits per heavy atom. The summed E-state index contributed by atoms with van der Waals surface area (Å²) < 4.78 is 0. The third kappa shape index (κ3) is 1.87. The average molecular weight is 134 g/mol. The van der Waals surface area contributed by atoms with Gasteiger partial charge in [-0.05, 0) is 6.92 Å². The van der Waals surface area contributed by atoms with Gasteiger partial charge in [-0.15, -0.1) is 0 Å². The van der Waals surface area contributed by atoms with Gasteiger partial charge in [0.15, 0.2) is 0 Å². The van der Waals surface area contributed by atoms with Crippen LogP contribution in [0.4, 0.5) is 0 Å². The fraction of sp³-hybridized carbons (Fsp3) is 0.400. The molecule has 0 spiro atoms. The van der Waals surface area contributed by atoms with Gasteiger partial charge in [-0.3, -0.25) is 0 Å². The van der Waals surface area contributed by atoms with Crippen molar-refractivity contribution >= 4 is 0 Å². The van der Waals surface area contributed by atoms with Crippen molar-refractivity contribution in [1.29, 1.82) is 0 Å². The number of allylic oxidation sites excluding steroid dienone is 6. The summed E-state index contributed by atoms with van der Waals surface area (Å²) in [5.41, 5.74) is 1.57. The van der Waals surface area contributed by atoms with E-state index in [9.17, 15) is 0 Å². The van der Waals surface area contributed by atoms with Crippen LogP contribution in [0.3, 0.4) is 0 Å². The van der Waals surface area contributed by atoms with Crippen molar-refractivity contribution in [2.24, 2.45) is 5.41 Å². The van der Waals surface area contributed by atoms with Gasteiger partial charge in [-0.2, -0.15) is 0 Å². The van der Waals surface area contributed by atoms with E-state index in [0.717, 1.165) is 0 Å². The van der Waals surface area contributed by atoms with Crippen LogP contribution in [-0.2, 0) is 0 Å². The molecule has 0 fully saturated rings. The van der Waals surface area contributed by atoms with Crippen LogP contribution in [0.5, 0.6) is 0 Å². The first kappa shape index (κ1) is 7.33. The van der Waals surface area contributed by atoms with E-state index in [0.29, 0.717) is 0 Å². The zero-order valence-electron chi connectivity index (χ0n) is 6.89. The molecule has 10 heavy (non-hydrogen) atoms. The average Bonchev–Trinajstić information content (AvgIpc) is 1.90. The van der Waals surface area contributed by atoms with Gasteiger partial charge >= 0.3 is 0 Å². The molecule has 1 rings (SSSR count). The maximum absolute atomic E-state index is 2.27. The fourth-order valence-corrected chi connectivity index (χ4v) is 1.19. The smallest absolute Gasteiger partial charge is 0.00132 e. The number of hydrogen-bond donors (Lipinski definition) is 0. The van der Waals surface area contributed by atoms with Crippen LogP contribution in [0, 0.1) is 5.41 Å². The van der Waals surface area contributed by atoms with E-state index < -0.39 is 0 Å². The lowest BCUT2D eigenvalue weighted by atomic mass is 9.92. The molecule has 0 nitrogen and oxygen atoms in total. The van der Waals surface area contributed by atoms with Crippen LogP contribution >= 0.6 is 0 Å². The lowest BCUT2D eigenvalue weighted by molar-refractivity contribution is 0.623. The Hall–Kier alpha value is -0.780. The van der Waals surface area contributed by atoms with E-state index in [1.165, 1.54) is 5.57 Å². The minimum atomic E-state index is 0.230. The molecule has 1 aliphatic carbocycles. The molecule has 0 atom stereocenters. The molecule has 1 aliphatic rings. The second-order valence-electron chi connectivity index (χ2n) is 3.43. The highest BCUT2D eigenvalue weighted by molar-refractivity contribution is 5.28. The zero-order chi connectivity index (χ0) is 7.61. The Balaban J connectivity index is 2.93. The second-order valence-corrected chi connectivity index (χ2v) is 3.43. The normalized spacial score (nSPS) is 22.1. The van der Waals surface area contributed by atoms with Crippen molar-refractivity contribution in [3.05, 3.63) is 36.0 Å². The van der Waals surface area contributed by atoms with Gasteiger partial charge < -0.3 is 0 Å². The molecular formula is C10H14. The molecule has 0 heteroatoms. The van der Waals surface area contributed by atoms with Gasteiger partial charge in [-0.25, -0.2) is 0 Å². The summed E-state index contributed by atoms with van der Waals surface area (Å²) in [5, 5.41) is 0. The highest BCUT2D eigenvalue weighted by Gasteiger charge is 2.09. The van der Waals surface area contributed by atoms with Crippen LogP contribution in [0.15, 0.2) is 36.0 Å². The summed E-state index contributed by atoms with van der Waals surface area (Å²) in [4.78, 5) is 0. The summed E-state index contributed by atoms with van der Waals surface area (Å²) in [6, 6.07) is 0. The summed E-state index contributed by atoms with van der Waals surface area (Å²) in [6.07, 6.45) is 10.8. The number of hydrogen-bond acceptors (Lipinski definition) is 0. The molecule has 0 saturated heterocycles. The maximum atomic E-state index is 2.27. The van der Waals surface area contributed by atoms with Crippen molar-refractivity contribution in [2.45, 2.75) is 20.8 Å². The highest BCUT2D eigenvalue weighted by atomic mass is 14.1. The molecule has 0 radical (unpaired) electrons. The van der Waals surface area contributed by atoms with E-state index in [1.54, 1.807) is 0 Å². The molecule has 54 valence electrons. The first-order valence-electron chi connectivity index (χ1n) is 3.65. The van der Waals surface area contributed by atoms with Crippen LogP contribution in [0.2, 0.25) is 0 Å². The molecule has 0 aromatic rings. The van der Waals surface area contributed by atoms with Crippen LogP contribution in [-0.4, -0.2) is 0 Å². The van der Waals surface area contributed by atoms with Gasteiger partial charge in [0.1, 0.15) is 0 Å². The molecule has 0 aromatic carbocycles. The van der Waals surface area contributed by atoms with Crippen molar-refractivity contribution in [1.82, 2.24) is 0 Å². The van der Waals surface area contributed by atoms with Crippen molar-refractivity contribution in [3.63, 3.8) is 0 Å². The lowest BCUT2D eigenvalue weighted by Crippen LogP contribution is -2.01. The summed E-state index contributed by atoms with van der Waals surface area (Å²) in [6.45, 7) is 6.55. The predicted octanol–water partition coefficient (Wildman–Crippen LogP) is 3.08. The Bertz CT molecular complexity index is 202. The van der Waals surface area contributed by atoms with Crippen LogP contribution in [0.25, 0.3) is 0 Å². The molecule has 0 amide bonds. The van der Waals surface area contributed by atoms with Crippen molar-refractivity contribution < 1.29 is 0 Å². The summed E-state index contributed by atoms with van der Waals surface area (Å²) in [7, 11) is 0. The molecule has 0 N–H and O–H groups in total. The van der Waals surface area contributed by atoms with E-state index in [2.05, 4.69) is 51.2 Å². The summed E-state index contributed by atoms with van der Waals surface area (Å²) >= 11 is 0. The molecule has 0 bridgehead atoms. The minimum absolute atomic E-state index is 0.230. The van der Waals surface area contributed by atoms with Crippen molar-refractivity contribution in [3.8, 4) is 0 Å². The molecule has 0 saturated carbocycles. The standard InChI is InChI=1S/C10H14/c1-9-6-4-5-7-10(2,3)8-9/h4-8H,1-3H3. The monoisotopic (exact) mass is 134 g/mol. The van der Waals surface area contributed by atoms with Gasteiger partial charge in [0.05, 0.1) is 0 Å². The van der Waals surface area contributed by atoms with Gasteiger partial charge in [0.25, 0.3) is 0 Å². The van der Waals surface area contributed by atoms with Crippen LogP contribution in [0.1, 0.15) is 20.8 Å². The highest BCUT2D eigenvalue weighted by Crippen LogP contribution is 2.23. The molecule has 0 unspecified atom stereocenters. The predicted molar refractivity (Wildman–Crippen MR) is 45.8 cm³/mol. The molecule has 0 aromatic heterocycles. The van der Waals surface area contributed by atoms with Crippen molar-refractivity contribution in [2.75, 3.05) is 0 Å². The van der Waals surface area contributed by atoms with E-state index in [4.69, 9.17) is 0 Å². The van der Waals surface area contributed by atoms with Gasteiger partial charge in [0.2, 0.25) is 0 Å². The Morgan fingerprint density at radius 1 is 1.20 bits per heavy atom. The molecule has 0 heterocycles. The SMILES string of the molecule is CC1=CC(C)(C)C=CC=C1. The van der Waals surface area contributed by atoms with Gasteiger partial charge in [0, 0.05) is 5.41 Å². The topological polar surface area (TPSA) is 0 Å². The second kappa shape index (κ2) is 2.45. The first-order valence-corrected chi connectivity index (χ1v) is 3.65. The van der Waals surface area contributed by atoms with Gasteiger partial charge in [-0.1, -0.05) is 49.8 Å². The Kier molecular flexibility index (Phi) is 1.80. The fourth-order valence-electron chi connectivity index (χ4n) is 1.19. The van der Waals surface area contributed by atoms with E-state index in [-0.39, 0.29) is 5.41 Å². The Morgan fingerprint density at radius 3 is 2.60 bits per heavy atom. The van der Waals surface area contributed by atoms with E-state index in [1.807, 2.05) is 0 Å². The summed E-state index contributed by atoms with van der Waals surface area (Å²) in [5.74, 6) is 0. The Labute approximate surface area is 62.9 Å². The largest absolute Gasteiger partial charge is 0.0751 e. The minimum Gasteiger partial charge on any atom is -0.0751 e. The van der Waals surface area contributed by atoms with Crippen LogP contribution < -0.4 is 0 Å². The molecular weight excluding hydrogens is 120 g/mol. The zero-order valence-corrected chi connectivity index (χ0v) is 6.89. The lowest BCUT2D eigenvalue weighted by Gasteiger charge is -2.13. The maximum Gasteiger partial charge on any atom is 0.00132 e. The molecule has 0 aliphatic heterocycles. The third-order valence-electron chi connectivity index (χ3n) is 1.60. The third-order valence-corrected chi connectivity index (χ3v) is 1.60. The number of rotatable bonds is 0. The first-order chi connectivity index (χ1) is 4.60.